The minimum Gasteiger partial charge on any atom is -0.494 e. The number of thiol groups is 1. The molecule has 0 spiro atoms. The van der Waals surface area contributed by atoms with E-state index in [1.165, 1.54) is 7.11 Å². The molecule has 0 saturated heterocycles. The summed E-state index contributed by atoms with van der Waals surface area (Å²) in [5.74, 6) is 0.642. The average molecular weight is 240 g/mol. The Hall–Kier alpha value is -1.16. The summed E-state index contributed by atoms with van der Waals surface area (Å²) >= 11 is 4.22. The van der Waals surface area contributed by atoms with Crippen molar-refractivity contribution in [3.05, 3.63) is 24.3 Å². The molecule has 16 heavy (non-hydrogen) atoms. The van der Waals surface area contributed by atoms with Crippen LogP contribution < -0.4 is 4.74 Å². The molecular formula is C12H16O3S. The molecule has 0 aliphatic rings. The molecule has 0 aromatic heterocycles. The monoisotopic (exact) mass is 240 g/mol. The number of hydrogen-bond donors (Lipinski definition) is 1. The van der Waals surface area contributed by atoms with Crippen LogP contribution in [0.1, 0.15) is 19.3 Å². The molecule has 88 valence electrons. The summed E-state index contributed by atoms with van der Waals surface area (Å²) in [6.07, 6.45) is 2.08. The minimum absolute atomic E-state index is 0.169. The average Bonchev–Trinajstić information content (AvgIpc) is 2.28. The van der Waals surface area contributed by atoms with Gasteiger partial charge in [-0.05, 0) is 31.0 Å². The van der Waals surface area contributed by atoms with Crippen LogP contribution in [-0.2, 0) is 9.53 Å². The van der Waals surface area contributed by atoms with Crippen LogP contribution in [0.3, 0.4) is 0 Å². The van der Waals surface area contributed by atoms with Crippen molar-refractivity contribution in [1.82, 2.24) is 0 Å². The third kappa shape index (κ3) is 5.07. The molecule has 0 saturated carbocycles. The zero-order valence-corrected chi connectivity index (χ0v) is 10.2. The van der Waals surface area contributed by atoms with Gasteiger partial charge in [-0.2, -0.15) is 0 Å². The zero-order chi connectivity index (χ0) is 11.8. The number of unbranched alkanes of at least 4 members (excludes halogenated alkanes) is 1. The Morgan fingerprint density at radius 2 is 2.19 bits per heavy atom. The van der Waals surface area contributed by atoms with Gasteiger partial charge in [0.2, 0.25) is 0 Å². The van der Waals surface area contributed by atoms with E-state index < -0.39 is 0 Å². The molecule has 4 heteroatoms. The third-order valence-corrected chi connectivity index (χ3v) is 2.37. The van der Waals surface area contributed by atoms with Crippen molar-refractivity contribution < 1.29 is 14.3 Å². The molecule has 0 fully saturated rings. The fourth-order valence-corrected chi connectivity index (χ4v) is 1.45. The van der Waals surface area contributed by atoms with Gasteiger partial charge in [0.05, 0.1) is 13.7 Å². The molecule has 0 bridgehead atoms. The summed E-state index contributed by atoms with van der Waals surface area (Å²) in [5, 5.41) is 0. The van der Waals surface area contributed by atoms with Gasteiger partial charge in [0, 0.05) is 11.3 Å². The Morgan fingerprint density at radius 3 is 2.88 bits per heavy atom. The van der Waals surface area contributed by atoms with Gasteiger partial charge in [-0.1, -0.05) is 6.07 Å². The summed E-state index contributed by atoms with van der Waals surface area (Å²) < 4.78 is 10.0. The van der Waals surface area contributed by atoms with Crippen molar-refractivity contribution in [3.8, 4) is 5.75 Å². The van der Waals surface area contributed by atoms with Crippen molar-refractivity contribution in [1.29, 1.82) is 0 Å². The molecule has 0 unspecified atom stereocenters. The summed E-state index contributed by atoms with van der Waals surface area (Å²) in [6.45, 7) is 0.605. The number of esters is 1. The van der Waals surface area contributed by atoms with E-state index in [1.807, 2.05) is 24.3 Å². The predicted octanol–water partition coefficient (Wildman–Crippen LogP) is 2.70. The molecular weight excluding hydrogens is 224 g/mol. The predicted molar refractivity (Wildman–Crippen MR) is 65.1 cm³/mol. The molecule has 0 heterocycles. The van der Waals surface area contributed by atoms with Crippen LogP contribution in [0.25, 0.3) is 0 Å². The maximum atomic E-state index is 10.8. The maximum absolute atomic E-state index is 10.8. The van der Waals surface area contributed by atoms with E-state index in [4.69, 9.17) is 4.74 Å². The number of benzene rings is 1. The largest absolute Gasteiger partial charge is 0.494 e. The van der Waals surface area contributed by atoms with Crippen molar-refractivity contribution in [3.63, 3.8) is 0 Å². The molecule has 0 aliphatic heterocycles. The lowest BCUT2D eigenvalue weighted by molar-refractivity contribution is -0.140. The van der Waals surface area contributed by atoms with Crippen molar-refractivity contribution in [2.75, 3.05) is 13.7 Å². The Labute approximate surface area is 101 Å². The molecule has 1 rings (SSSR count). The molecule has 0 radical (unpaired) electrons. The highest BCUT2D eigenvalue weighted by molar-refractivity contribution is 7.80. The first-order valence-electron chi connectivity index (χ1n) is 5.21. The van der Waals surface area contributed by atoms with E-state index in [2.05, 4.69) is 17.4 Å². The lowest BCUT2D eigenvalue weighted by atomic mass is 10.2. The van der Waals surface area contributed by atoms with Crippen LogP contribution in [0.15, 0.2) is 29.2 Å². The number of hydrogen-bond acceptors (Lipinski definition) is 4. The first-order valence-corrected chi connectivity index (χ1v) is 5.66. The van der Waals surface area contributed by atoms with E-state index in [9.17, 15) is 4.79 Å². The molecule has 3 nitrogen and oxygen atoms in total. The fourth-order valence-electron chi connectivity index (χ4n) is 1.24. The van der Waals surface area contributed by atoms with Gasteiger partial charge < -0.3 is 9.47 Å². The Balaban J connectivity index is 2.14. The zero-order valence-electron chi connectivity index (χ0n) is 9.31. The highest BCUT2D eigenvalue weighted by atomic mass is 32.1. The van der Waals surface area contributed by atoms with Crippen LogP contribution >= 0.6 is 12.6 Å². The lowest BCUT2D eigenvalue weighted by Gasteiger charge is -2.06. The second-order valence-corrected chi connectivity index (χ2v) is 3.90. The smallest absolute Gasteiger partial charge is 0.305 e. The quantitative estimate of drug-likeness (QED) is 0.472. The van der Waals surface area contributed by atoms with Gasteiger partial charge in [-0.15, -0.1) is 12.6 Å². The number of rotatable bonds is 6. The van der Waals surface area contributed by atoms with Gasteiger partial charge in [-0.3, -0.25) is 4.79 Å². The summed E-state index contributed by atoms with van der Waals surface area (Å²) in [7, 11) is 1.40. The van der Waals surface area contributed by atoms with Crippen LogP contribution in [0.2, 0.25) is 0 Å². The van der Waals surface area contributed by atoms with Crippen LogP contribution in [0.4, 0.5) is 0 Å². The van der Waals surface area contributed by atoms with E-state index in [0.717, 1.165) is 23.5 Å². The third-order valence-electron chi connectivity index (χ3n) is 2.09. The van der Waals surface area contributed by atoms with Gasteiger partial charge in [0.1, 0.15) is 5.75 Å². The number of ether oxygens (including phenoxy) is 2. The van der Waals surface area contributed by atoms with E-state index >= 15 is 0 Å². The second-order valence-electron chi connectivity index (χ2n) is 3.38. The molecule has 0 amide bonds. The molecule has 1 aromatic rings. The van der Waals surface area contributed by atoms with E-state index in [1.54, 1.807) is 0 Å². The normalized spacial score (nSPS) is 9.88. The van der Waals surface area contributed by atoms with Crippen molar-refractivity contribution >= 4 is 18.6 Å². The molecule has 0 atom stereocenters. The molecule has 0 N–H and O–H groups in total. The highest BCUT2D eigenvalue weighted by Gasteiger charge is 1.99. The van der Waals surface area contributed by atoms with Gasteiger partial charge in [-0.25, -0.2) is 0 Å². The SMILES string of the molecule is COC(=O)CCCCOc1cccc(S)c1. The topological polar surface area (TPSA) is 35.5 Å². The summed E-state index contributed by atoms with van der Waals surface area (Å²) in [5.41, 5.74) is 0. The fraction of sp³-hybridized carbons (Fsp3) is 0.417. The lowest BCUT2D eigenvalue weighted by Crippen LogP contribution is -2.02. The second kappa shape index (κ2) is 7.17. The van der Waals surface area contributed by atoms with E-state index in [0.29, 0.717) is 13.0 Å². The maximum Gasteiger partial charge on any atom is 0.305 e. The van der Waals surface area contributed by atoms with E-state index in [-0.39, 0.29) is 5.97 Å². The first-order chi connectivity index (χ1) is 7.72. The molecule has 0 aliphatic carbocycles. The van der Waals surface area contributed by atoms with Crippen LogP contribution in [0, 0.1) is 0 Å². The summed E-state index contributed by atoms with van der Waals surface area (Å²) in [6, 6.07) is 7.54. The number of carbonyl (C=O) groups is 1. The van der Waals surface area contributed by atoms with Crippen molar-refractivity contribution in [2.45, 2.75) is 24.2 Å². The van der Waals surface area contributed by atoms with Gasteiger partial charge >= 0.3 is 5.97 Å². The first kappa shape index (κ1) is 12.9. The standard InChI is InChI=1S/C12H16O3S/c1-14-12(13)7-2-3-8-15-10-5-4-6-11(16)9-10/h4-6,9,16H,2-3,7-8H2,1H3. The van der Waals surface area contributed by atoms with Crippen molar-refractivity contribution in [2.24, 2.45) is 0 Å². The Kier molecular flexibility index (Phi) is 5.78. The van der Waals surface area contributed by atoms with Crippen LogP contribution in [0.5, 0.6) is 5.75 Å². The summed E-state index contributed by atoms with van der Waals surface area (Å²) in [4.78, 5) is 11.7. The Morgan fingerprint density at radius 1 is 1.38 bits per heavy atom. The number of carbonyl (C=O) groups excluding carboxylic acids is 1. The number of methoxy groups -OCH3 is 1. The highest BCUT2D eigenvalue weighted by Crippen LogP contribution is 2.16. The van der Waals surface area contributed by atoms with Crippen LogP contribution in [-0.4, -0.2) is 19.7 Å². The molecule has 1 aromatic carbocycles. The minimum atomic E-state index is -0.169. The Bertz CT molecular complexity index is 339. The van der Waals surface area contributed by atoms with Gasteiger partial charge in [0.15, 0.2) is 0 Å². The van der Waals surface area contributed by atoms with Gasteiger partial charge in [0.25, 0.3) is 0 Å².